The fourth-order valence-corrected chi connectivity index (χ4v) is 5.53. The highest BCUT2D eigenvalue weighted by Crippen LogP contribution is 2.43. The first-order valence-corrected chi connectivity index (χ1v) is 10.5. The van der Waals surface area contributed by atoms with Gasteiger partial charge in [-0.2, -0.15) is 0 Å². The van der Waals surface area contributed by atoms with Crippen LogP contribution < -0.4 is 0 Å². The number of hydrogen-bond donors (Lipinski definition) is 1. The summed E-state index contributed by atoms with van der Waals surface area (Å²) >= 11 is 0. The number of H-pyrrole nitrogens is 1. The number of hydrogen-bond acceptors (Lipinski definition) is 2. The quantitative estimate of drug-likeness (QED) is 0.865. The lowest BCUT2D eigenvalue weighted by Gasteiger charge is -2.50. The van der Waals surface area contributed by atoms with Gasteiger partial charge in [0.1, 0.15) is 11.5 Å². The van der Waals surface area contributed by atoms with Crippen molar-refractivity contribution in [2.24, 2.45) is 17.3 Å². The van der Waals surface area contributed by atoms with Crippen molar-refractivity contribution >= 4 is 11.8 Å². The first-order chi connectivity index (χ1) is 14.1. The van der Waals surface area contributed by atoms with Crippen LogP contribution in [0.3, 0.4) is 0 Å². The highest BCUT2D eigenvalue weighted by molar-refractivity contribution is 5.95. The first-order valence-electron chi connectivity index (χ1n) is 10.5. The molecular formula is C23H26FN3O2. The molecule has 1 aliphatic carbocycles. The average molecular weight is 395 g/mol. The van der Waals surface area contributed by atoms with E-state index in [-0.39, 0.29) is 17.6 Å². The Hall–Kier alpha value is -2.63. The highest BCUT2D eigenvalue weighted by atomic mass is 19.1. The van der Waals surface area contributed by atoms with Crippen LogP contribution in [0.5, 0.6) is 0 Å². The molecule has 2 aliphatic heterocycles. The van der Waals surface area contributed by atoms with E-state index in [1.807, 2.05) is 4.90 Å². The highest BCUT2D eigenvalue weighted by Gasteiger charge is 2.54. The third-order valence-electron chi connectivity index (χ3n) is 7.06. The van der Waals surface area contributed by atoms with Crippen molar-refractivity contribution in [3.63, 3.8) is 0 Å². The number of aromatic amines is 1. The predicted octanol–water partition coefficient (Wildman–Crippen LogP) is 3.10. The van der Waals surface area contributed by atoms with E-state index in [2.05, 4.69) is 4.98 Å². The van der Waals surface area contributed by atoms with Crippen molar-refractivity contribution in [2.45, 2.75) is 25.7 Å². The zero-order valence-electron chi connectivity index (χ0n) is 16.4. The summed E-state index contributed by atoms with van der Waals surface area (Å²) in [7, 11) is 0. The van der Waals surface area contributed by atoms with Crippen LogP contribution in [-0.2, 0) is 11.2 Å². The minimum atomic E-state index is -0.733. The second-order valence-electron chi connectivity index (χ2n) is 8.95. The molecule has 1 aromatic heterocycles. The molecule has 2 saturated heterocycles. The summed E-state index contributed by atoms with van der Waals surface area (Å²) in [6.45, 7) is 2.30. The Morgan fingerprint density at radius 1 is 1.03 bits per heavy atom. The molecule has 3 aliphatic rings. The zero-order valence-corrected chi connectivity index (χ0v) is 16.4. The smallest absolute Gasteiger partial charge is 0.270 e. The molecule has 0 radical (unpaired) electrons. The van der Waals surface area contributed by atoms with Gasteiger partial charge < -0.3 is 14.8 Å². The molecule has 3 fully saturated rings. The van der Waals surface area contributed by atoms with Gasteiger partial charge in [0.05, 0.1) is 5.41 Å². The number of nitrogens with zero attached hydrogens (tertiary/aromatic N) is 2. The van der Waals surface area contributed by atoms with E-state index in [1.165, 1.54) is 25.3 Å². The van der Waals surface area contributed by atoms with Gasteiger partial charge in [0, 0.05) is 32.4 Å². The SMILES string of the molecule is O=C(c1ccc[nH]1)N1CC(Cc2ccccc2F)(C(=O)N2C[C@H]3CCC[C@H]3C2)C1. The van der Waals surface area contributed by atoms with Crippen molar-refractivity contribution in [1.82, 2.24) is 14.8 Å². The minimum absolute atomic E-state index is 0.0886. The first kappa shape index (κ1) is 18.4. The fraction of sp³-hybridized carbons (Fsp3) is 0.478. The van der Waals surface area contributed by atoms with E-state index in [0.29, 0.717) is 42.6 Å². The molecule has 1 N–H and O–H groups in total. The summed E-state index contributed by atoms with van der Waals surface area (Å²) < 4.78 is 14.4. The number of nitrogens with one attached hydrogen (secondary N) is 1. The lowest BCUT2D eigenvalue weighted by molar-refractivity contribution is -0.150. The van der Waals surface area contributed by atoms with E-state index in [0.717, 1.165) is 13.1 Å². The third kappa shape index (κ3) is 3.15. The van der Waals surface area contributed by atoms with Crippen LogP contribution in [-0.4, -0.2) is 52.8 Å². The summed E-state index contributed by atoms with van der Waals surface area (Å²) in [6, 6.07) is 10.2. The van der Waals surface area contributed by atoms with E-state index in [4.69, 9.17) is 0 Å². The molecule has 2 amide bonds. The Balaban J connectivity index is 1.37. The normalized spacial score (nSPS) is 25.0. The number of carbonyl (C=O) groups is 2. The third-order valence-corrected chi connectivity index (χ3v) is 7.06. The molecule has 0 unspecified atom stereocenters. The molecule has 0 bridgehead atoms. The molecule has 6 heteroatoms. The standard InChI is InChI=1S/C23H26FN3O2/c24-19-8-2-1-5-16(19)11-23(14-27(15-23)21(28)20-9-4-10-25-20)22(29)26-12-17-6-3-7-18(17)13-26/h1-2,4-5,8-10,17-18,25H,3,6-7,11-15H2/t17-,18+. The van der Waals surface area contributed by atoms with Gasteiger partial charge in [-0.15, -0.1) is 0 Å². The van der Waals surface area contributed by atoms with Gasteiger partial charge in [0.25, 0.3) is 5.91 Å². The summed E-state index contributed by atoms with van der Waals surface area (Å²) in [4.78, 5) is 32.9. The number of amides is 2. The second-order valence-corrected chi connectivity index (χ2v) is 8.95. The molecule has 3 heterocycles. The van der Waals surface area contributed by atoms with Gasteiger partial charge in [0.2, 0.25) is 5.91 Å². The van der Waals surface area contributed by atoms with Gasteiger partial charge in [0.15, 0.2) is 0 Å². The molecule has 5 nitrogen and oxygen atoms in total. The Labute approximate surface area is 169 Å². The number of rotatable bonds is 4. The zero-order chi connectivity index (χ0) is 20.0. The van der Waals surface area contributed by atoms with E-state index < -0.39 is 5.41 Å². The lowest BCUT2D eigenvalue weighted by atomic mass is 9.73. The average Bonchev–Trinajstić information content (AvgIpc) is 3.41. The maximum Gasteiger partial charge on any atom is 0.270 e. The van der Waals surface area contributed by atoms with Crippen molar-refractivity contribution in [3.05, 3.63) is 59.7 Å². The Bertz CT molecular complexity index is 908. The molecule has 0 spiro atoms. The van der Waals surface area contributed by atoms with Crippen molar-refractivity contribution in [3.8, 4) is 0 Å². The molecular weight excluding hydrogens is 369 g/mol. The molecule has 152 valence electrons. The maximum atomic E-state index is 14.4. The summed E-state index contributed by atoms with van der Waals surface area (Å²) in [5, 5.41) is 0. The molecule has 2 aromatic rings. The number of carbonyl (C=O) groups excluding carboxylic acids is 2. The van der Waals surface area contributed by atoms with Crippen LogP contribution >= 0.6 is 0 Å². The van der Waals surface area contributed by atoms with Gasteiger partial charge in [-0.25, -0.2) is 4.39 Å². The summed E-state index contributed by atoms with van der Waals surface area (Å²) in [6.07, 6.45) is 5.71. The molecule has 2 atom stereocenters. The maximum absolute atomic E-state index is 14.4. The van der Waals surface area contributed by atoms with E-state index in [1.54, 1.807) is 41.4 Å². The van der Waals surface area contributed by atoms with Gasteiger partial charge >= 0.3 is 0 Å². The minimum Gasteiger partial charge on any atom is -0.357 e. The molecule has 1 saturated carbocycles. The largest absolute Gasteiger partial charge is 0.357 e. The van der Waals surface area contributed by atoms with Crippen molar-refractivity contribution in [1.29, 1.82) is 0 Å². The number of aromatic nitrogens is 1. The lowest BCUT2D eigenvalue weighted by Crippen LogP contribution is -2.66. The topological polar surface area (TPSA) is 56.4 Å². The van der Waals surface area contributed by atoms with Gasteiger partial charge in [-0.3, -0.25) is 9.59 Å². The second kappa shape index (κ2) is 7.01. The Morgan fingerprint density at radius 3 is 2.41 bits per heavy atom. The molecule has 29 heavy (non-hydrogen) atoms. The summed E-state index contributed by atoms with van der Waals surface area (Å²) in [5.41, 5.74) is 0.336. The van der Waals surface area contributed by atoms with Crippen LogP contribution in [0, 0.1) is 23.1 Å². The predicted molar refractivity (Wildman–Crippen MR) is 107 cm³/mol. The van der Waals surface area contributed by atoms with Crippen LogP contribution in [0.4, 0.5) is 4.39 Å². The van der Waals surface area contributed by atoms with Crippen molar-refractivity contribution < 1.29 is 14.0 Å². The number of fused-ring (bicyclic) bond motifs is 1. The Kier molecular flexibility index (Phi) is 4.45. The van der Waals surface area contributed by atoms with E-state index in [9.17, 15) is 14.0 Å². The van der Waals surface area contributed by atoms with Crippen molar-refractivity contribution in [2.75, 3.05) is 26.2 Å². The fourth-order valence-electron chi connectivity index (χ4n) is 5.53. The van der Waals surface area contributed by atoms with Crippen LogP contribution in [0.1, 0.15) is 35.3 Å². The molecule has 5 rings (SSSR count). The molecule has 1 aromatic carbocycles. The number of halogens is 1. The van der Waals surface area contributed by atoms with Gasteiger partial charge in [-0.1, -0.05) is 24.6 Å². The monoisotopic (exact) mass is 395 g/mol. The number of benzene rings is 1. The van der Waals surface area contributed by atoms with Crippen LogP contribution in [0.15, 0.2) is 42.6 Å². The number of likely N-dealkylation sites (tertiary alicyclic amines) is 2. The van der Waals surface area contributed by atoms with Crippen LogP contribution in [0.2, 0.25) is 0 Å². The van der Waals surface area contributed by atoms with E-state index >= 15 is 0 Å². The Morgan fingerprint density at radius 2 is 1.76 bits per heavy atom. The summed E-state index contributed by atoms with van der Waals surface area (Å²) in [5.74, 6) is 0.922. The van der Waals surface area contributed by atoms with Gasteiger partial charge in [-0.05, 0) is 54.9 Å². The van der Waals surface area contributed by atoms with Crippen LogP contribution in [0.25, 0.3) is 0 Å².